The Morgan fingerprint density at radius 3 is 1.49 bits per heavy atom. The lowest BCUT2D eigenvalue weighted by Gasteiger charge is -2.24. The maximum absolute atomic E-state index is 13.0. The second-order valence-electron chi connectivity index (χ2n) is 14.2. The van der Waals surface area contributed by atoms with Gasteiger partial charge in [-0.3, -0.25) is 9.59 Å². The quantitative estimate of drug-likeness (QED) is 0.0341. The number of aliphatic hydroxyl groups is 2. The van der Waals surface area contributed by atoms with Crippen LogP contribution in [0.2, 0.25) is 0 Å². The summed E-state index contributed by atoms with van der Waals surface area (Å²) in [5.41, 5.74) is 0. The van der Waals surface area contributed by atoms with E-state index < -0.39 is 18.2 Å². The summed E-state index contributed by atoms with van der Waals surface area (Å²) in [4.78, 5) is 25.8. The number of esters is 1. The zero-order chi connectivity index (χ0) is 37.5. The maximum Gasteiger partial charge on any atom is 0.306 e. The van der Waals surface area contributed by atoms with E-state index in [4.69, 9.17) is 4.74 Å². The van der Waals surface area contributed by atoms with Crippen LogP contribution in [0.3, 0.4) is 0 Å². The molecule has 0 aliphatic rings. The smallest absolute Gasteiger partial charge is 0.306 e. The highest BCUT2D eigenvalue weighted by atomic mass is 16.5. The van der Waals surface area contributed by atoms with E-state index in [1.807, 2.05) is 54.7 Å². The molecule has 3 N–H and O–H groups in total. The molecule has 0 bridgehead atoms. The first kappa shape index (κ1) is 48.6. The van der Waals surface area contributed by atoms with Crippen LogP contribution in [0.1, 0.15) is 188 Å². The Bertz CT molecular complexity index is 937. The van der Waals surface area contributed by atoms with Gasteiger partial charge in [0.25, 0.3) is 0 Å². The number of amides is 1. The average Bonchev–Trinajstić information content (AvgIpc) is 3.12. The van der Waals surface area contributed by atoms with Crippen LogP contribution in [0, 0.1) is 0 Å². The zero-order valence-electron chi connectivity index (χ0n) is 33.2. The number of rotatable bonds is 36. The largest absolute Gasteiger partial charge is 0.461 e. The lowest BCUT2D eigenvalue weighted by atomic mass is 10.0. The third kappa shape index (κ3) is 34.4. The summed E-state index contributed by atoms with van der Waals surface area (Å²) in [7, 11) is 0. The molecule has 0 aromatic heterocycles. The molecule has 0 fully saturated rings. The standard InChI is InChI=1S/C45H79NO5/c1-4-7-10-13-16-19-22-24-27-30-33-36-41(51-45(50)38-35-32-29-26-21-18-15-12-9-6-3)39-44(49)46-42(40-47)43(48)37-34-31-28-25-23-20-17-14-11-8-5-2/h7,10,13,16,19,22,24,27,30,33,41-43,47-48H,4-6,8-9,11-12,14-15,17-18,20-21,23,25-26,28-29,31-32,34-40H2,1-3H3,(H,46,49)/b10-7+,16-13+,22-19-,27-24-,33-30+. The Morgan fingerprint density at radius 2 is 1.02 bits per heavy atom. The second-order valence-corrected chi connectivity index (χ2v) is 14.2. The van der Waals surface area contributed by atoms with E-state index in [1.54, 1.807) is 0 Å². The van der Waals surface area contributed by atoms with Crippen molar-refractivity contribution < 1.29 is 24.5 Å². The van der Waals surface area contributed by atoms with Crippen molar-refractivity contribution >= 4 is 11.9 Å². The Hall–Kier alpha value is -2.44. The minimum Gasteiger partial charge on any atom is -0.461 e. The second kappa shape index (κ2) is 38.8. The Labute approximate surface area is 314 Å². The van der Waals surface area contributed by atoms with Crippen LogP contribution >= 0.6 is 0 Å². The van der Waals surface area contributed by atoms with Gasteiger partial charge in [-0.15, -0.1) is 0 Å². The number of hydrogen-bond acceptors (Lipinski definition) is 5. The SMILES string of the molecule is CC/C=C/C=C/C=C\C=C/C=C/CC(CC(=O)NC(CO)C(O)CCCCCCCCCCCCC)OC(=O)CCCCCCCCCCCC. The Morgan fingerprint density at radius 1 is 0.588 bits per heavy atom. The van der Waals surface area contributed by atoms with Crippen molar-refractivity contribution in [2.45, 2.75) is 206 Å². The summed E-state index contributed by atoms with van der Waals surface area (Å²) in [6.07, 6.45) is 45.9. The number of aliphatic hydroxyl groups excluding tert-OH is 2. The van der Waals surface area contributed by atoms with E-state index >= 15 is 0 Å². The van der Waals surface area contributed by atoms with Crippen molar-refractivity contribution in [3.05, 3.63) is 60.8 Å². The molecule has 3 unspecified atom stereocenters. The summed E-state index contributed by atoms with van der Waals surface area (Å²) < 4.78 is 5.79. The van der Waals surface area contributed by atoms with Crippen LogP contribution in [0.15, 0.2) is 60.8 Å². The van der Waals surface area contributed by atoms with Gasteiger partial charge >= 0.3 is 5.97 Å². The van der Waals surface area contributed by atoms with E-state index in [0.717, 1.165) is 44.9 Å². The molecule has 0 radical (unpaired) electrons. The molecule has 1 amide bonds. The first-order valence-electron chi connectivity index (χ1n) is 21.1. The molecule has 294 valence electrons. The number of hydrogen-bond donors (Lipinski definition) is 3. The van der Waals surface area contributed by atoms with E-state index in [-0.39, 0.29) is 24.9 Å². The van der Waals surface area contributed by atoms with Crippen molar-refractivity contribution in [2.75, 3.05) is 6.61 Å². The van der Waals surface area contributed by atoms with Crippen LogP contribution < -0.4 is 5.32 Å². The molecular formula is C45H79NO5. The molecule has 0 aromatic rings. The van der Waals surface area contributed by atoms with Gasteiger partial charge in [-0.1, -0.05) is 210 Å². The van der Waals surface area contributed by atoms with E-state index in [9.17, 15) is 19.8 Å². The molecule has 6 heteroatoms. The van der Waals surface area contributed by atoms with Crippen LogP contribution in [0.4, 0.5) is 0 Å². The molecule has 0 aromatic carbocycles. The fourth-order valence-corrected chi connectivity index (χ4v) is 6.04. The number of unbranched alkanes of at least 4 members (excludes halogenated alkanes) is 19. The highest BCUT2D eigenvalue weighted by molar-refractivity contribution is 5.77. The van der Waals surface area contributed by atoms with E-state index in [2.05, 4.69) is 32.2 Å². The molecule has 6 nitrogen and oxygen atoms in total. The molecule has 0 rings (SSSR count). The lowest BCUT2D eigenvalue weighted by Crippen LogP contribution is -2.46. The van der Waals surface area contributed by atoms with Crippen LogP contribution in [0.5, 0.6) is 0 Å². The predicted molar refractivity (Wildman–Crippen MR) is 218 cm³/mol. The molecule has 3 atom stereocenters. The van der Waals surface area contributed by atoms with E-state index in [1.165, 1.54) is 96.3 Å². The normalized spacial score (nSPS) is 14.1. The van der Waals surface area contributed by atoms with Crippen molar-refractivity contribution in [2.24, 2.45) is 0 Å². The minimum atomic E-state index is -0.814. The number of nitrogens with one attached hydrogen (secondary N) is 1. The first-order valence-corrected chi connectivity index (χ1v) is 21.1. The van der Waals surface area contributed by atoms with Gasteiger partial charge in [0.2, 0.25) is 5.91 Å². The van der Waals surface area contributed by atoms with Crippen LogP contribution in [-0.2, 0) is 14.3 Å². The molecule has 0 saturated carbocycles. The summed E-state index contributed by atoms with van der Waals surface area (Å²) in [6, 6.07) is -0.736. The number of carbonyl (C=O) groups excluding carboxylic acids is 2. The van der Waals surface area contributed by atoms with Gasteiger partial charge < -0.3 is 20.3 Å². The van der Waals surface area contributed by atoms with Crippen molar-refractivity contribution in [1.82, 2.24) is 5.32 Å². The molecule has 0 saturated heterocycles. The van der Waals surface area contributed by atoms with Gasteiger partial charge in [0, 0.05) is 12.8 Å². The minimum absolute atomic E-state index is 0.0184. The summed E-state index contributed by atoms with van der Waals surface area (Å²) in [5, 5.41) is 23.5. The third-order valence-electron chi connectivity index (χ3n) is 9.24. The summed E-state index contributed by atoms with van der Waals surface area (Å²) >= 11 is 0. The zero-order valence-corrected chi connectivity index (χ0v) is 33.2. The van der Waals surface area contributed by atoms with Gasteiger partial charge in [0.15, 0.2) is 0 Å². The van der Waals surface area contributed by atoms with Gasteiger partial charge in [0.05, 0.1) is 25.2 Å². The first-order chi connectivity index (χ1) is 25.0. The van der Waals surface area contributed by atoms with Crippen molar-refractivity contribution in [3.63, 3.8) is 0 Å². The molecule has 51 heavy (non-hydrogen) atoms. The van der Waals surface area contributed by atoms with Crippen LogP contribution in [0.25, 0.3) is 0 Å². The van der Waals surface area contributed by atoms with Crippen molar-refractivity contribution in [1.29, 1.82) is 0 Å². The number of ether oxygens (including phenoxy) is 1. The highest BCUT2D eigenvalue weighted by Crippen LogP contribution is 2.15. The molecule has 0 aliphatic heterocycles. The maximum atomic E-state index is 13.0. The fraction of sp³-hybridized carbons (Fsp3) is 0.733. The van der Waals surface area contributed by atoms with Gasteiger partial charge in [0.1, 0.15) is 6.10 Å². The molecule has 0 heterocycles. The molecule has 0 spiro atoms. The Kier molecular flexibility index (Phi) is 36.9. The topological polar surface area (TPSA) is 95.9 Å². The highest BCUT2D eigenvalue weighted by Gasteiger charge is 2.23. The number of carbonyl (C=O) groups is 2. The summed E-state index contributed by atoms with van der Waals surface area (Å²) in [5.74, 6) is -0.613. The third-order valence-corrected chi connectivity index (χ3v) is 9.24. The fourth-order valence-electron chi connectivity index (χ4n) is 6.04. The van der Waals surface area contributed by atoms with Gasteiger partial charge in [-0.05, 0) is 19.3 Å². The monoisotopic (exact) mass is 714 g/mol. The van der Waals surface area contributed by atoms with Gasteiger partial charge in [-0.25, -0.2) is 0 Å². The average molecular weight is 714 g/mol. The van der Waals surface area contributed by atoms with E-state index in [0.29, 0.717) is 19.3 Å². The molecular weight excluding hydrogens is 634 g/mol. The Balaban J connectivity index is 4.77. The lowest BCUT2D eigenvalue weighted by molar-refractivity contribution is -0.150. The predicted octanol–water partition coefficient (Wildman–Crippen LogP) is 11.7. The van der Waals surface area contributed by atoms with Crippen molar-refractivity contribution in [3.8, 4) is 0 Å². The summed E-state index contributed by atoms with van der Waals surface area (Å²) in [6.45, 7) is 6.25. The molecule has 0 aliphatic carbocycles. The van der Waals surface area contributed by atoms with Crippen LogP contribution in [-0.4, -0.2) is 46.9 Å². The van der Waals surface area contributed by atoms with Gasteiger partial charge in [-0.2, -0.15) is 0 Å². The number of allylic oxidation sites excluding steroid dienone is 9.